The molecule has 1 aliphatic carbocycles. The Labute approximate surface area is 84.0 Å². The molecule has 0 heterocycles. The Hall–Kier alpha value is -0.900. The average Bonchev–Trinajstić information content (AvgIpc) is 2.85. The van der Waals surface area contributed by atoms with E-state index in [0.717, 1.165) is 18.4 Å². The lowest BCUT2D eigenvalue weighted by Gasteiger charge is -2.06. The van der Waals surface area contributed by atoms with Crippen LogP contribution >= 0.6 is 15.9 Å². The van der Waals surface area contributed by atoms with E-state index in [2.05, 4.69) is 15.9 Å². The minimum atomic E-state index is -0.323. The van der Waals surface area contributed by atoms with Crippen molar-refractivity contribution >= 4 is 21.6 Å². The van der Waals surface area contributed by atoms with E-state index in [9.17, 15) is 10.1 Å². The minimum Gasteiger partial charge on any atom is -0.258 e. The molecule has 0 aliphatic heterocycles. The van der Waals surface area contributed by atoms with Crippen LogP contribution < -0.4 is 0 Å². The lowest BCUT2D eigenvalue weighted by atomic mass is 10.1. The van der Waals surface area contributed by atoms with Gasteiger partial charge in [0.25, 0.3) is 5.69 Å². The second kappa shape index (κ2) is 2.80. The van der Waals surface area contributed by atoms with E-state index < -0.39 is 0 Å². The number of nitro groups is 1. The lowest BCUT2D eigenvalue weighted by Crippen LogP contribution is -2.01. The maximum absolute atomic E-state index is 10.7. The van der Waals surface area contributed by atoms with E-state index in [1.54, 1.807) is 12.1 Å². The molecule has 1 aromatic carbocycles. The number of alkyl halides is 1. The average molecular weight is 242 g/mol. The van der Waals surface area contributed by atoms with Crippen molar-refractivity contribution in [2.24, 2.45) is 0 Å². The topological polar surface area (TPSA) is 43.1 Å². The van der Waals surface area contributed by atoms with E-state index in [0.29, 0.717) is 0 Å². The summed E-state index contributed by atoms with van der Waals surface area (Å²) in [5.41, 5.74) is 1.02. The highest BCUT2D eigenvalue weighted by atomic mass is 79.9. The maximum Gasteiger partial charge on any atom is 0.274 e. The molecule has 1 aliphatic rings. The van der Waals surface area contributed by atoms with Crippen molar-refractivity contribution in [2.75, 3.05) is 0 Å². The van der Waals surface area contributed by atoms with Gasteiger partial charge >= 0.3 is 0 Å². The first-order chi connectivity index (χ1) is 6.13. The van der Waals surface area contributed by atoms with E-state index >= 15 is 0 Å². The first-order valence-corrected chi connectivity index (χ1v) is 4.86. The molecule has 13 heavy (non-hydrogen) atoms. The van der Waals surface area contributed by atoms with Gasteiger partial charge in [0, 0.05) is 11.6 Å². The third kappa shape index (κ3) is 1.46. The van der Waals surface area contributed by atoms with Crippen LogP contribution in [0.3, 0.4) is 0 Å². The molecular weight excluding hydrogens is 234 g/mol. The van der Waals surface area contributed by atoms with Crippen LogP contribution in [-0.2, 0) is 4.32 Å². The highest BCUT2D eigenvalue weighted by Gasteiger charge is 2.45. The third-order valence-electron chi connectivity index (χ3n) is 2.27. The molecule has 0 bridgehead atoms. The van der Waals surface area contributed by atoms with Crippen LogP contribution in [0.2, 0.25) is 0 Å². The van der Waals surface area contributed by atoms with Gasteiger partial charge in [-0.3, -0.25) is 10.1 Å². The monoisotopic (exact) mass is 241 g/mol. The van der Waals surface area contributed by atoms with Gasteiger partial charge in [0.05, 0.1) is 9.25 Å². The number of rotatable bonds is 2. The largest absolute Gasteiger partial charge is 0.274 e. The van der Waals surface area contributed by atoms with Gasteiger partial charge in [-0.2, -0.15) is 0 Å². The van der Waals surface area contributed by atoms with Crippen LogP contribution in [0.4, 0.5) is 5.69 Å². The first-order valence-electron chi connectivity index (χ1n) is 4.06. The predicted molar refractivity (Wildman–Crippen MR) is 52.9 cm³/mol. The van der Waals surface area contributed by atoms with Gasteiger partial charge in [-0.25, -0.2) is 0 Å². The second-order valence-corrected chi connectivity index (χ2v) is 4.76. The van der Waals surface area contributed by atoms with Gasteiger partial charge in [0.2, 0.25) is 0 Å². The lowest BCUT2D eigenvalue weighted by molar-refractivity contribution is -0.385. The number of halogens is 1. The Morgan fingerprint density at radius 1 is 1.38 bits per heavy atom. The molecule has 3 nitrogen and oxygen atoms in total. The molecule has 4 heteroatoms. The Morgan fingerprint density at radius 2 is 2.00 bits per heavy atom. The summed E-state index contributed by atoms with van der Waals surface area (Å²) in [5.74, 6) is 0. The highest BCUT2D eigenvalue weighted by Crippen LogP contribution is 2.55. The Bertz CT molecular complexity index is 360. The summed E-state index contributed by atoms with van der Waals surface area (Å²) in [4.78, 5) is 10.4. The zero-order valence-electron chi connectivity index (χ0n) is 6.87. The molecule has 0 unspecified atom stereocenters. The molecule has 0 atom stereocenters. The van der Waals surface area contributed by atoms with Crippen molar-refractivity contribution < 1.29 is 4.92 Å². The number of benzene rings is 1. The molecule has 0 radical (unpaired) electrons. The van der Waals surface area contributed by atoms with Crippen LogP contribution in [0.5, 0.6) is 0 Å². The summed E-state index contributed by atoms with van der Waals surface area (Å²) in [6.07, 6.45) is 1.97. The molecule has 1 aromatic rings. The van der Waals surface area contributed by atoms with Crippen LogP contribution in [0.25, 0.3) is 0 Å². The zero-order chi connectivity index (χ0) is 9.47. The van der Waals surface area contributed by atoms with Crippen LogP contribution in [0.1, 0.15) is 18.4 Å². The first kappa shape index (κ1) is 8.69. The summed E-state index contributed by atoms with van der Waals surface area (Å²) in [7, 11) is 0. The van der Waals surface area contributed by atoms with E-state index in [1.807, 2.05) is 12.1 Å². The summed E-state index contributed by atoms with van der Waals surface area (Å²) >= 11 is 3.51. The molecule has 0 aromatic heterocycles. The smallest absolute Gasteiger partial charge is 0.258 e. The molecule has 1 fully saturated rings. The number of nitrogens with zero attached hydrogens (tertiary/aromatic N) is 1. The van der Waals surface area contributed by atoms with Gasteiger partial charge < -0.3 is 0 Å². The Balaban J connectivity index is 2.50. The number of para-hydroxylation sites is 1. The Morgan fingerprint density at radius 3 is 2.54 bits per heavy atom. The zero-order valence-corrected chi connectivity index (χ0v) is 8.45. The van der Waals surface area contributed by atoms with Crippen molar-refractivity contribution in [3.05, 3.63) is 39.9 Å². The highest BCUT2D eigenvalue weighted by molar-refractivity contribution is 9.09. The van der Waals surface area contributed by atoms with E-state index in [1.165, 1.54) is 0 Å². The second-order valence-electron chi connectivity index (χ2n) is 3.24. The van der Waals surface area contributed by atoms with Crippen LogP contribution in [0.15, 0.2) is 24.3 Å². The van der Waals surface area contributed by atoms with Crippen molar-refractivity contribution in [3.63, 3.8) is 0 Å². The molecule has 1 saturated carbocycles. The van der Waals surface area contributed by atoms with Crippen LogP contribution in [0, 0.1) is 10.1 Å². The molecule has 0 N–H and O–H groups in total. The van der Waals surface area contributed by atoms with E-state index in [-0.39, 0.29) is 14.9 Å². The Kier molecular flexibility index (Phi) is 1.87. The predicted octanol–water partition coefficient (Wildman–Crippen LogP) is 2.98. The summed E-state index contributed by atoms with van der Waals surface area (Å²) < 4.78 is -0.114. The van der Waals surface area contributed by atoms with Crippen molar-refractivity contribution in [3.8, 4) is 0 Å². The normalized spacial score (nSPS) is 18.2. The molecule has 0 spiro atoms. The van der Waals surface area contributed by atoms with Gasteiger partial charge in [-0.15, -0.1) is 0 Å². The van der Waals surface area contributed by atoms with Crippen LogP contribution in [-0.4, -0.2) is 4.92 Å². The molecule has 0 amide bonds. The fourth-order valence-electron chi connectivity index (χ4n) is 1.39. The van der Waals surface area contributed by atoms with E-state index in [4.69, 9.17) is 0 Å². The maximum atomic E-state index is 10.7. The fourth-order valence-corrected chi connectivity index (χ4v) is 1.92. The minimum absolute atomic E-state index is 0.114. The number of hydrogen-bond donors (Lipinski definition) is 0. The molecule has 0 saturated heterocycles. The quantitative estimate of drug-likeness (QED) is 0.454. The molecular formula is C9H8BrNO2. The van der Waals surface area contributed by atoms with Gasteiger partial charge in [-0.1, -0.05) is 34.1 Å². The summed E-state index contributed by atoms with van der Waals surface area (Å²) in [5, 5.41) is 10.7. The third-order valence-corrected chi connectivity index (χ3v) is 3.49. The van der Waals surface area contributed by atoms with Crippen molar-refractivity contribution in [2.45, 2.75) is 17.2 Å². The van der Waals surface area contributed by atoms with Gasteiger partial charge in [0.15, 0.2) is 0 Å². The van der Waals surface area contributed by atoms with Crippen molar-refractivity contribution in [1.29, 1.82) is 0 Å². The molecule has 68 valence electrons. The summed E-state index contributed by atoms with van der Waals surface area (Å²) in [6, 6.07) is 6.90. The fraction of sp³-hybridized carbons (Fsp3) is 0.333. The van der Waals surface area contributed by atoms with Gasteiger partial charge in [0.1, 0.15) is 0 Å². The van der Waals surface area contributed by atoms with Crippen molar-refractivity contribution in [1.82, 2.24) is 0 Å². The summed E-state index contributed by atoms with van der Waals surface area (Å²) in [6.45, 7) is 0. The SMILES string of the molecule is O=[N+]([O-])c1ccccc1C1(Br)CC1. The number of nitro benzene ring substituents is 1. The number of hydrogen-bond acceptors (Lipinski definition) is 2. The standard InChI is InChI=1S/C9H8BrNO2/c10-9(5-6-9)7-3-1-2-4-8(7)11(12)13/h1-4H,5-6H2. The van der Waals surface area contributed by atoms with Gasteiger partial charge in [-0.05, 0) is 12.8 Å². The molecule has 2 rings (SSSR count).